The van der Waals surface area contributed by atoms with Crippen LogP contribution in [0.25, 0.3) is 0 Å². The summed E-state index contributed by atoms with van der Waals surface area (Å²) in [6.07, 6.45) is 1.31. The predicted molar refractivity (Wildman–Crippen MR) is 79.3 cm³/mol. The number of nitrogens with one attached hydrogen (secondary N) is 1. The van der Waals surface area contributed by atoms with Crippen molar-refractivity contribution in [1.82, 2.24) is 5.32 Å². The SMILES string of the molecule is CC(C)(C)c1ccc(OC2CCNC2)c(Cl)c1.Cl. The van der Waals surface area contributed by atoms with Gasteiger partial charge in [-0.3, -0.25) is 0 Å². The molecule has 2 rings (SSSR count). The van der Waals surface area contributed by atoms with E-state index in [-0.39, 0.29) is 23.9 Å². The Morgan fingerprint density at radius 3 is 2.56 bits per heavy atom. The summed E-state index contributed by atoms with van der Waals surface area (Å²) in [7, 11) is 0. The molecule has 1 N–H and O–H groups in total. The van der Waals surface area contributed by atoms with Crippen LogP contribution in [0.5, 0.6) is 5.75 Å². The molecule has 0 saturated carbocycles. The van der Waals surface area contributed by atoms with E-state index in [1.54, 1.807) is 0 Å². The normalized spacial score (nSPS) is 19.4. The van der Waals surface area contributed by atoms with Crippen LogP contribution in [0.1, 0.15) is 32.8 Å². The zero-order valence-corrected chi connectivity index (χ0v) is 12.7. The maximum atomic E-state index is 6.27. The lowest BCUT2D eigenvalue weighted by molar-refractivity contribution is 0.223. The van der Waals surface area contributed by atoms with Gasteiger partial charge in [0.05, 0.1) is 5.02 Å². The highest BCUT2D eigenvalue weighted by molar-refractivity contribution is 6.32. The number of hydrogen-bond donors (Lipinski definition) is 1. The first-order chi connectivity index (χ1) is 7.97. The summed E-state index contributed by atoms with van der Waals surface area (Å²) in [5, 5.41) is 3.99. The molecule has 2 nitrogen and oxygen atoms in total. The third-order valence-corrected chi connectivity index (χ3v) is 3.40. The first kappa shape index (κ1) is 15.6. The smallest absolute Gasteiger partial charge is 0.138 e. The third-order valence-electron chi connectivity index (χ3n) is 3.11. The van der Waals surface area contributed by atoms with Crippen molar-refractivity contribution in [2.24, 2.45) is 0 Å². The fourth-order valence-electron chi connectivity index (χ4n) is 1.97. The molecule has 4 heteroatoms. The quantitative estimate of drug-likeness (QED) is 0.894. The molecule has 102 valence electrons. The molecule has 1 aromatic carbocycles. The number of halogens is 2. The molecule has 1 aromatic rings. The second kappa shape index (κ2) is 6.14. The van der Waals surface area contributed by atoms with E-state index >= 15 is 0 Å². The Labute approximate surface area is 120 Å². The third kappa shape index (κ3) is 3.78. The van der Waals surface area contributed by atoms with Crippen LogP contribution in [0.15, 0.2) is 18.2 Å². The van der Waals surface area contributed by atoms with Crippen molar-refractivity contribution in [1.29, 1.82) is 0 Å². The van der Waals surface area contributed by atoms with Gasteiger partial charge in [0, 0.05) is 6.54 Å². The fourth-order valence-corrected chi connectivity index (χ4v) is 2.20. The van der Waals surface area contributed by atoms with Crippen molar-refractivity contribution in [2.75, 3.05) is 13.1 Å². The van der Waals surface area contributed by atoms with Crippen LogP contribution < -0.4 is 10.1 Å². The van der Waals surface area contributed by atoms with Crippen molar-refractivity contribution < 1.29 is 4.74 Å². The summed E-state index contributed by atoms with van der Waals surface area (Å²) >= 11 is 6.27. The number of rotatable bonds is 2. The van der Waals surface area contributed by atoms with Gasteiger partial charge in [-0.2, -0.15) is 0 Å². The van der Waals surface area contributed by atoms with E-state index in [0.717, 1.165) is 25.3 Å². The first-order valence-corrected chi connectivity index (χ1v) is 6.52. The van der Waals surface area contributed by atoms with E-state index in [2.05, 4.69) is 32.2 Å². The van der Waals surface area contributed by atoms with Crippen LogP contribution in [0.3, 0.4) is 0 Å². The molecule has 1 heterocycles. The monoisotopic (exact) mass is 289 g/mol. The lowest BCUT2D eigenvalue weighted by atomic mass is 9.87. The van der Waals surface area contributed by atoms with Crippen LogP contribution in [0, 0.1) is 0 Å². The molecule has 1 atom stereocenters. The Kier molecular flexibility index (Phi) is 5.32. The molecule has 0 spiro atoms. The molecule has 0 bridgehead atoms. The highest BCUT2D eigenvalue weighted by Gasteiger charge is 2.19. The van der Waals surface area contributed by atoms with E-state index in [1.165, 1.54) is 5.56 Å². The molecule has 1 saturated heterocycles. The van der Waals surface area contributed by atoms with Crippen molar-refractivity contribution >= 4 is 24.0 Å². The van der Waals surface area contributed by atoms with Gasteiger partial charge in [0.2, 0.25) is 0 Å². The number of benzene rings is 1. The Bertz CT molecular complexity index is 395. The van der Waals surface area contributed by atoms with Gasteiger partial charge in [-0.1, -0.05) is 38.4 Å². The van der Waals surface area contributed by atoms with Crippen LogP contribution in [0.2, 0.25) is 5.02 Å². The zero-order valence-electron chi connectivity index (χ0n) is 11.1. The van der Waals surface area contributed by atoms with E-state index in [9.17, 15) is 0 Å². The minimum Gasteiger partial charge on any atom is -0.487 e. The number of hydrogen-bond acceptors (Lipinski definition) is 2. The second-order valence-electron chi connectivity index (χ2n) is 5.63. The van der Waals surface area contributed by atoms with Crippen molar-refractivity contribution in [3.8, 4) is 5.75 Å². The maximum absolute atomic E-state index is 6.27. The summed E-state index contributed by atoms with van der Waals surface area (Å²) in [5.41, 5.74) is 1.36. The zero-order chi connectivity index (χ0) is 12.5. The Hall–Kier alpha value is -0.440. The molecular weight excluding hydrogens is 269 g/mol. The maximum Gasteiger partial charge on any atom is 0.138 e. The molecule has 1 fully saturated rings. The van der Waals surface area contributed by atoms with E-state index < -0.39 is 0 Å². The van der Waals surface area contributed by atoms with Crippen LogP contribution >= 0.6 is 24.0 Å². The summed E-state index contributed by atoms with van der Waals surface area (Å²) < 4.78 is 5.88. The van der Waals surface area contributed by atoms with E-state index in [4.69, 9.17) is 16.3 Å². The van der Waals surface area contributed by atoms with Gasteiger partial charge >= 0.3 is 0 Å². The lowest BCUT2D eigenvalue weighted by Crippen LogP contribution is -2.20. The molecule has 1 aliphatic rings. The highest BCUT2D eigenvalue weighted by atomic mass is 35.5. The minimum atomic E-state index is 0. The Morgan fingerprint density at radius 2 is 2.06 bits per heavy atom. The standard InChI is InChI=1S/C14H20ClNO.ClH/c1-14(2,3)10-4-5-13(12(15)8-10)17-11-6-7-16-9-11;/h4-5,8,11,16H,6-7,9H2,1-3H3;1H. The molecular formula is C14H21Cl2NO. The average Bonchev–Trinajstić information content (AvgIpc) is 2.72. The average molecular weight is 290 g/mol. The van der Waals surface area contributed by atoms with Gasteiger partial charge in [-0.25, -0.2) is 0 Å². The summed E-state index contributed by atoms with van der Waals surface area (Å²) in [6, 6.07) is 6.10. The summed E-state index contributed by atoms with van der Waals surface area (Å²) in [5.74, 6) is 0.799. The molecule has 0 radical (unpaired) electrons. The van der Waals surface area contributed by atoms with Gasteiger partial charge in [0.1, 0.15) is 11.9 Å². The second-order valence-corrected chi connectivity index (χ2v) is 6.04. The topological polar surface area (TPSA) is 21.3 Å². The predicted octanol–water partition coefficient (Wildman–Crippen LogP) is 3.80. The van der Waals surface area contributed by atoms with Crippen LogP contribution in [0.4, 0.5) is 0 Å². The fraction of sp³-hybridized carbons (Fsp3) is 0.571. The first-order valence-electron chi connectivity index (χ1n) is 6.14. The Morgan fingerprint density at radius 1 is 1.33 bits per heavy atom. The molecule has 1 aliphatic heterocycles. The van der Waals surface area contributed by atoms with Crippen molar-refractivity contribution in [2.45, 2.75) is 38.7 Å². The van der Waals surface area contributed by atoms with Gasteiger partial charge in [-0.05, 0) is 36.1 Å². The minimum absolute atomic E-state index is 0. The largest absolute Gasteiger partial charge is 0.487 e. The molecule has 0 aliphatic carbocycles. The lowest BCUT2D eigenvalue weighted by Gasteiger charge is -2.21. The highest BCUT2D eigenvalue weighted by Crippen LogP contribution is 2.32. The van der Waals surface area contributed by atoms with E-state index in [1.807, 2.05) is 12.1 Å². The van der Waals surface area contributed by atoms with Crippen LogP contribution in [-0.4, -0.2) is 19.2 Å². The van der Waals surface area contributed by atoms with Gasteiger partial charge < -0.3 is 10.1 Å². The van der Waals surface area contributed by atoms with Crippen molar-refractivity contribution in [3.63, 3.8) is 0 Å². The number of ether oxygens (including phenoxy) is 1. The summed E-state index contributed by atoms with van der Waals surface area (Å²) in [6.45, 7) is 8.49. The molecule has 0 amide bonds. The Balaban J connectivity index is 0.00000162. The van der Waals surface area contributed by atoms with Gasteiger partial charge in [-0.15, -0.1) is 12.4 Å². The molecule has 1 unspecified atom stereocenters. The summed E-state index contributed by atoms with van der Waals surface area (Å²) in [4.78, 5) is 0. The van der Waals surface area contributed by atoms with Gasteiger partial charge in [0.25, 0.3) is 0 Å². The molecule has 0 aromatic heterocycles. The van der Waals surface area contributed by atoms with E-state index in [0.29, 0.717) is 5.02 Å². The molecule has 18 heavy (non-hydrogen) atoms. The van der Waals surface area contributed by atoms with Crippen LogP contribution in [-0.2, 0) is 5.41 Å². The van der Waals surface area contributed by atoms with Gasteiger partial charge in [0.15, 0.2) is 0 Å². The van der Waals surface area contributed by atoms with Crippen molar-refractivity contribution in [3.05, 3.63) is 28.8 Å².